The minimum atomic E-state index is -0.957. The van der Waals surface area contributed by atoms with E-state index in [-0.39, 0.29) is 28.6 Å². The van der Waals surface area contributed by atoms with E-state index in [2.05, 4.69) is 12.1 Å². The molecular formula is C26H23FeO2P-6. The summed E-state index contributed by atoms with van der Waals surface area (Å²) in [6, 6.07) is 33.6. The van der Waals surface area contributed by atoms with Crippen molar-refractivity contribution in [2.24, 2.45) is 0 Å². The maximum Gasteiger partial charge on any atom is 0.160 e. The van der Waals surface area contributed by atoms with Crippen LogP contribution in [-0.4, -0.2) is 11.6 Å². The molecule has 4 rings (SSSR count). The number of Topliss-reactive ketones (excluding diaryl/α,β-unsaturated/α-hetero) is 2. The van der Waals surface area contributed by atoms with Gasteiger partial charge in [0.05, 0.1) is 0 Å². The molecule has 0 N–H and O–H groups in total. The molecule has 0 fully saturated rings. The van der Waals surface area contributed by atoms with Crippen molar-refractivity contribution >= 4 is 35.4 Å². The Hall–Kier alpha value is -2.57. The molecule has 0 amide bonds. The van der Waals surface area contributed by atoms with Gasteiger partial charge in [-0.25, -0.2) is 12.1 Å². The summed E-state index contributed by atoms with van der Waals surface area (Å²) >= 11 is 0. The fraction of sp³-hybridized carbons (Fsp3) is 0.0769. The molecule has 4 aromatic carbocycles. The Balaban J connectivity index is 0.000000468. The molecule has 4 heteroatoms. The molecule has 0 radical (unpaired) electrons. The van der Waals surface area contributed by atoms with Crippen molar-refractivity contribution in [2.75, 3.05) is 0 Å². The van der Waals surface area contributed by atoms with E-state index in [9.17, 15) is 9.59 Å². The Bertz CT molecular complexity index is 991. The molecule has 0 aliphatic carbocycles. The van der Waals surface area contributed by atoms with Crippen LogP contribution < -0.4 is 15.9 Å². The average Bonchev–Trinajstić information content (AvgIpc) is 3.46. The Kier molecular flexibility index (Phi) is 9.14. The van der Waals surface area contributed by atoms with Crippen LogP contribution in [0.4, 0.5) is 0 Å². The summed E-state index contributed by atoms with van der Waals surface area (Å²) in [6.45, 7) is 3.18. The number of carbonyl (C=O) groups is 2. The first-order valence-electron chi connectivity index (χ1n) is 9.48. The normalized spacial score (nSPS) is 9.97. The van der Waals surface area contributed by atoms with E-state index < -0.39 is 7.92 Å². The first kappa shape index (κ1) is 23.7. The topological polar surface area (TPSA) is 34.1 Å². The molecule has 0 unspecified atom stereocenters. The minimum Gasteiger partial charge on any atom is -0.748 e. The van der Waals surface area contributed by atoms with Gasteiger partial charge in [0.2, 0.25) is 0 Å². The van der Waals surface area contributed by atoms with Crippen molar-refractivity contribution in [3.63, 3.8) is 0 Å². The summed E-state index contributed by atoms with van der Waals surface area (Å²) in [5.41, 5.74) is 1.45. The SMILES string of the molecule is CC(=O)c1ccccc1P(c1ccccc1C(C)=O)[c-]1cccc1.[Fe].[cH-]1[cH-][cH-][cH-][cH-]1. The molecule has 0 saturated carbocycles. The van der Waals surface area contributed by atoms with Gasteiger partial charge in [-0.1, -0.05) is 56.5 Å². The zero-order valence-electron chi connectivity index (χ0n) is 16.9. The third-order valence-corrected chi connectivity index (χ3v) is 7.07. The maximum absolute atomic E-state index is 12.1. The van der Waals surface area contributed by atoms with Crippen molar-refractivity contribution in [1.82, 2.24) is 0 Å². The number of hydrogen-bond acceptors (Lipinski definition) is 2. The van der Waals surface area contributed by atoms with E-state index in [4.69, 9.17) is 0 Å². The summed E-state index contributed by atoms with van der Waals surface area (Å²) in [5.74, 6) is 0.0925. The van der Waals surface area contributed by atoms with Crippen molar-refractivity contribution in [2.45, 2.75) is 13.8 Å². The van der Waals surface area contributed by atoms with Crippen LogP contribution in [0.3, 0.4) is 0 Å². The van der Waals surface area contributed by atoms with Crippen LogP contribution in [0.15, 0.2) is 103 Å². The van der Waals surface area contributed by atoms with E-state index in [1.54, 1.807) is 13.8 Å². The molecule has 0 aliphatic heterocycles. The predicted molar refractivity (Wildman–Crippen MR) is 123 cm³/mol. The van der Waals surface area contributed by atoms with Crippen LogP contribution in [0, 0.1) is 0 Å². The van der Waals surface area contributed by atoms with E-state index in [1.807, 2.05) is 91.0 Å². The van der Waals surface area contributed by atoms with Crippen LogP contribution in [0.25, 0.3) is 0 Å². The van der Waals surface area contributed by atoms with Gasteiger partial charge in [0.25, 0.3) is 0 Å². The third-order valence-electron chi connectivity index (χ3n) is 4.51. The van der Waals surface area contributed by atoms with Gasteiger partial charge in [-0.05, 0) is 24.5 Å². The monoisotopic (exact) mass is 454 g/mol. The molecular weight excluding hydrogens is 431 g/mol. The number of benzene rings is 2. The summed E-state index contributed by atoms with van der Waals surface area (Å²) in [4.78, 5) is 24.3. The second kappa shape index (κ2) is 11.6. The van der Waals surface area contributed by atoms with Crippen molar-refractivity contribution in [3.8, 4) is 0 Å². The zero-order valence-corrected chi connectivity index (χ0v) is 18.9. The summed E-state index contributed by atoms with van der Waals surface area (Å²) in [5, 5.41) is 3.15. The Morgan fingerprint density at radius 2 is 1.03 bits per heavy atom. The molecule has 0 spiro atoms. The van der Waals surface area contributed by atoms with Gasteiger partial charge >= 0.3 is 0 Å². The molecule has 0 aliphatic rings. The first-order chi connectivity index (χ1) is 14.1. The van der Waals surface area contributed by atoms with Crippen molar-refractivity contribution < 1.29 is 26.7 Å². The molecule has 158 valence electrons. The maximum atomic E-state index is 12.1. The van der Waals surface area contributed by atoms with Gasteiger partial charge in [-0.3, -0.25) is 9.59 Å². The van der Waals surface area contributed by atoms with E-state index in [0.29, 0.717) is 0 Å². The van der Waals surface area contributed by atoms with Gasteiger partial charge in [-0.15, -0.1) is 5.30 Å². The molecule has 0 aromatic heterocycles. The number of carbonyl (C=O) groups excluding carboxylic acids is 2. The Morgan fingerprint density at radius 1 is 0.667 bits per heavy atom. The van der Waals surface area contributed by atoms with Crippen LogP contribution in [0.2, 0.25) is 0 Å². The van der Waals surface area contributed by atoms with E-state index >= 15 is 0 Å². The van der Waals surface area contributed by atoms with Gasteiger partial charge in [0, 0.05) is 28.2 Å². The molecule has 0 heterocycles. The predicted octanol–water partition coefficient (Wildman–Crippen LogP) is 4.97. The Morgan fingerprint density at radius 3 is 1.40 bits per heavy atom. The number of hydrogen-bond donors (Lipinski definition) is 0. The second-order valence-electron chi connectivity index (χ2n) is 6.59. The summed E-state index contributed by atoms with van der Waals surface area (Å²) < 4.78 is 0. The van der Waals surface area contributed by atoms with E-state index in [0.717, 1.165) is 27.0 Å². The second-order valence-corrected chi connectivity index (χ2v) is 8.74. The fourth-order valence-electron chi connectivity index (χ4n) is 3.17. The van der Waals surface area contributed by atoms with Crippen LogP contribution in [0.1, 0.15) is 34.6 Å². The van der Waals surface area contributed by atoms with Crippen LogP contribution in [-0.2, 0) is 17.1 Å². The third kappa shape index (κ3) is 5.74. The van der Waals surface area contributed by atoms with Gasteiger partial charge in [0.15, 0.2) is 11.6 Å². The van der Waals surface area contributed by atoms with E-state index in [1.165, 1.54) is 0 Å². The molecule has 0 atom stereocenters. The number of rotatable bonds is 5. The molecule has 4 aromatic rings. The molecule has 30 heavy (non-hydrogen) atoms. The molecule has 0 bridgehead atoms. The van der Waals surface area contributed by atoms with Crippen LogP contribution >= 0.6 is 7.92 Å². The molecule has 2 nitrogen and oxygen atoms in total. The van der Waals surface area contributed by atoms with Gasteiger partial charge < -0.3 is 30.3 Å². The summed E-state index contributed by atoms with van der Waals surface area (Å²) in [6.07, 6.45) is 0. The van der Waals surface area contributed by atoms with Gasteiger partial charge in [0.1, 0.15) is 0 Å². The smallest absolute Gasteiger partial charge is 0.160 e. The minimum absolute atomic E-state index is 0. The van der Waals surface area contributed by atoms with Crippen molar-refractivity contribution in [1.29, 1.82) is 0 Å². The first-order valence-corrected chi connectivity index (χ1v) is 10.8. The summed E-state index contributed by atoms with van der Waals surface area (Å²) in [7, 11) is -0.957. The Labute approximate surface area is 189 Å². The largest absolute Gasteiger partial charge is 0.748 e. The number of ketones is 2. The van der Waals surface area contributed by atoms with Gasteiger partial charge in [-0.2, -0.15) is 12.1 Å². The standard InChI is InChI=1S/C21H18O2P.C5H5.Fe/c1-15(22)18-11-5-7-13-20(18)24(17-9-3-4-10-17)21-14-8-6-12-19(21)16(2)23;1-2-4-5-3-1;/h3-14H,1-2H3;1-5H;/q-1;-5;. The zero-order chi connectivity index (χ0) is 20.6. The van der Waals surface area contributed by atoms with Crippen molar-refractivity contribution in [3.05, 3.63) is 114 Å². The quantitative estimate of drug-likeness (QED) is 0.185. The average molecular weight is 454 g/mol. The van der Waals surface area contributed by atoms with Crippen LogP contribution in [0.5, 0.6) is 0 Å². The molecule has 0 saturated heterocycles. The fourth-order valence-corrected chi connectivity index (χ4v) is 5.88.